The fourth-order valence-electron chi connectivity index (χ4n) is 0. The molecule has 4 heteroatoms. The Labute approximate surface area is 48.6 Å². The van der Waals surface area contributed by atoms with Crippen LogP contribution in [0.4, 0.5) is 0 Å². The Balaban J connectivity index is 5.08. The van der Waals surface area contributed by atoms with Crippen LogP contribution in [0.25, 0.3) is 0 Å². The SMILES string of the molecule is [2H]C([2H])([2H])C([2H])([2H])S(=O)(=O)Cl. The van der Waals surface area contributed by atoms with Gasteiger partial charge in [0.2, 0.25) is 9.05 Å². The van der Waals surface area contributed by atoms with Crippen molar-refractivity contribution in [2.75, 3.05) is 5.70 Å². The molecule has 0 aliphatic rings. The normalized spacial score (nSPS) is 28.5. The van der Waals surface area contributed by atoms with Gasteiger partial charge in [0.05, 0.1) is 5.70 Å². The highest BCUT2D eigenvalue weighted by Crippen LogP contribution is 1.91. The van der Waals surface area contributed by atoms with E-state index in [9.17, 15) is 8.42 Å². The quantitative estimate of drug-likeness (QED) is 0.491. The average molecular weight is 134 g/mol. The molecule has 0 aliphatic heterocycles. The zero-order valence-electron chi connectivity index (χ0n) is 7.60. The molecule has 0 bridgehead atoms. The molecule has 2 nitrogen and oxygen atoms in total. The number of halogens is 1. The Morgan fingerprint density at radius 1 is 2.17 bits per heavy atom. The van der Waals surface area contributed by atoms with Crippen molar-refractivity contribution in [2.45, 2.75) is 6.85 Å². The monoisotopic (exact) mass is 133 g/mol. The fraction of sp³-hybridized carbons (Fsp3) is 1.00. The van der Waals surface area contributed by atoms with Crippen molar-refractivity contribution in [3.8, 4) is 0 Å². The molecule has 0 saturated carbocycles. The Bertz CT molecular complexity index is 240. The zero-order valence-corrected chi connectivity index (χ0v) is 4.18. The van der Waals surface area contributed by atoms with E-state index in [4.69, 9.17) is 6.85 Å². The first-order chi connectivity index (χ1) is 4.50. The lowest BCUT2D eigenvalue weighted by Gasteiger charge is -1.77. The third-order valence-corrected chi connectivity index (χ3v) is 0.597. The van der Waals surface area contributed by atoms with E-state index in [0.29, 0.717) is 0 Å². The Hall–Kier alpha value is 0.240. The molecule has 0 atom stereocenters. The highest BCUT2D eigenvalue weighted by atomic mass is 35.7. The molecule has 0 rings (SSSR count). The predicted molar refractivity (Wildman–Crippen MR) is 25.3 cm³/mol. The summed E-state index contributed by atoms with van der Waals surface area (Å²) in [5, 5.41) is 0. The first kappa shape index (κ1) is 1.63. The minimum atomic E-state index is -4.72. The second-order valence-electron chi connectivity index (χ2n) is 0.540. The van der Waals surface area contributed by atoms with Crippen molar-refractivity contribution in [1.82, 2.24) is 0 Å². The summed E-state index contributed by atoms with van der Waals surface area (Å²) in [6.45, 7) is -3.26. The summed E-state index contributed by atoms with van der Waals surface area (Å²) in [5.41, 5.74) is -3.39. The van der Waals surface area contributed by atoms with Crippen LogP contribution in [0.3, 0.4) is 0 Å². The Kier molecular flexibility index (Phi) is 0.489. The van der Waals surface area contributed by atoms with Gasteiger partial charge in [-0.05, 0) is 0 Å². The molecule has 0 radical (unpaired) electrons. The summed E-state index contributed by atoms with van der Waals surface area (Å²) in [7, 11) is -0.170. The van der Waals surface area contributed by atoms with Gasteiger partial charge in [-0.25, -0.2) is 8.42 Å². The number of hydrogen-bond donors (Lipinski definition) is 0. The van der Waals surface area contributed by atoms with E-state index >= 15 is 0 Å². The molecule has 0 aromatic rings. The smallest absolute Gasteiger partial charge is 0.212 e. The molecule has 0 amide bonds. The Morgan fingerprint density at radius 3 is 2.67 bits per heavy atom. The first-order valence-electron chi connectivity index (χ1n) is 3.44. The summed E-state index contributed by atoms with van der Waals surface area (Å²) < 4.78 is 53.3. The second-order valence-corrected chi connectivity index (χ2v) is 2.84. The van der Waals surface area contributed by atoms with Crippen LogP contribution in [0.15, 0.2) is 0 Å². The molecule has 0 aromatic carbocycles. The molecule has 38 valence electrons. The molecule has 0 unspecified atom stereocenters. The fourth-order valence-corrected chi connectivity index (χ4v) is 0. The van der Waals surface area contributed by atoms with Crippen LogP contribution in [0, 0.1) is 0 Å². The largest absolute Gasteiger partial charge is 0.232 e. The van der Waals surface area contributed by atoms with Crippen LogP contribution in [-0.2, 0) is 9.05 Å². The van der Waals surface area contributed by atoms with Gasteiger partial charge in [0.15, 0.2) is 0 Å². The van der Waals surface area contributed by atoms with Crippen LogP contribution >= 0.6 is 10.7 Å². The van der Waals surface area contributed by atoms with Crippen molar-refractivity contribution in [1.29, 1.82) is 0 Å². The summed E-state index contributed by atoms with van der Waals surface area (Å²) >= 11 is 0. The molecule has 0 spiro atoms. The molecule has 6 heavy (non-hydrogen) atoms. The van der Waals surface area contributed by atoms with Gasteiger partial charge in [-0.2, -0.15) is 0 Å². The lowest BCUT2D eigenvalue weighted by atomic mass is 11.0. The molecule has 0 aliphatic carbocycles. The van der Waals surface area contributed by atoms with Gasteiger partial charge in [-0.3, -0.25) is 0 Å². The molecule has 0 heterocycles. The molecular formula is C2H5ClO2S. The number of rotatable bonds is 1. The first-order valence-corrected chi connectivity index (χ1v) is 3.25. The van der Waals surface area contributed by atoms with Gasteiger partial charge < -0.3 is 0 Å². The minimum Gasteiger partial charge on any atom is -0.212 e. The Morgan fingerprint density at radius 2 is 2.67 bits per heavy atom. The van der Waals surface area contributed by atoms with E-state index in [-0.39, 0.29) is 0 Å². The van der Waals surface area contributed by atoms with E-state index in [1.807, 2.05) is 0 Å². The van der Waals surface area contributed by atoms with E-state index in [2.05, 4.69) is 10.7 Å². The maximum absolute atomic E-state index is 10.3. The third kappa shape index (κ3) is 4.24. The van der Waals surface area contributed by atoms with Crippen LogP contribution in [0.5, 0.6) is 0 Å². The molecule has 0 saturated heterocycles. The van der Waals surface area contributed by atoms with Gasteiger partial charge in [0.25, 0.3) is 0 Å². The second kappa shape index (κ2) is 1.80. The summed E-state index contributed by atoms with van der Waals surface area (Å²) in [5.74, 6) is 0. The average Bonchev–Trinajstić information content (AvgIpc) is 1.58. The zero-order chi connectivity index (χ0) is 9.50. The van der Waals surface area contributed by atoms with E-state index < -0.39 is 21.6 Å². The maximum Gasteiger partial charge on any atom is 0.232 e. The lowest BCUT2D eigenvalue weighted by molar-refractivity contribution is 0.610. The summed E-state index contributed by atoms with van der Waals surface area (Å²) in [4.78, 5) is 0. The highest BCUT2D eigenvalue weighted by Gasteiger charge is 1.94. The standard InChI is InChI=1S/C2H5ClO2S/c1-2-6(3,4)5/h2H2,1H3/i1D3,2D2. The van der Waals surface area contributed by atoms with Crippen molar-refractivity contribution in [2.24, 2.45) is 0 Å². The molecule has 0 aromatic heterocycles. The van der Waals surface area contributed by atoms with Gasteiger partial charge in [-0.15, -0.1) is 0 Å². The van der Waals surface area contributed by atoms with Gasteiger partial charge >= 0.3 is 0 Å². The van der Waals surface area contributed by atoms with Crippen LogP contribution < -0.4 is 0 Å². The lowest BCUT2D eigenvalue weighted by Crippen LogP contribution is -1.88. The van der Waals surface area contributed by atoms with Gasteiger partial charge in [-0.1, -0.05) is 6.85 Å². The molecule has 0 N–H and O–H groups in total. The van der Waals surface area contributed by atoms with E-state index in [1.165, 1.54) is 0 Å². The van der Waals surface area contributed by atoms with Gasteiger partial charge in [0, 0.05) is 17.5 Å². The summed E-state index contributed by atoms with van der Waals surface area (Å²) in [6.07, 6.45) is 0. The van der Waals surface area contributed by atoms with E-state index in [1.54, 1.807) is 0 Å². The van der Waals surface area contributed by atoms with Crippen LogP contribution in [-0.4, -0.2) is 14.1 Å². The number of hydrogen-bond acceptors (Lipinski definition) is 2. The van der Waals surface area contributed by atoms with Crippen LogP contribution in [0.2, 0.25) is 0 Å². The highest BCUT2D eigenvalue weighted by molar-refractivity contribution is 8.13. The van der Waals surface area contributed by atoms with Crippen molar-refractivity contribution in [3.63, 3.8) is 0 Å². The third-order valence-electron chi connectivity index (χ3n) is 0.122. The van der Waals surface area contributed by atoms with E-state index in [0.717, 1.165) is 0 Å². The maximum atomic E-state index is 10.3. The molecular weight excluding hydrogens is 124 g/mol. The van der Waals surface area contributed by atoms with Crippen molar-refractivity contribution >= 4 is 19.7 Å². The summed E-state index contributed by atoms with van der Waals surface area (Å²) in [6, 6.07) is 0. The van der Waals surface area contributed by atoms with Crippen molar-refractivity contribution < 1.29 is 15.3 Å². The minimum absolute atomic E-state index is 3.26. The van der Waals surface area contributed by atoms with Crippen LogP contribution in [0.1, 0.15) is 13.7 Å². The topological polar surface area (TPSA) is 34.1 Å². The molecule has 0 fully saturated rings. The predicted octanol–water partition coefficient (Wildman–Crippen LogP) is 0.575. The van der Waals surface area contributed by atoms with Crippen molar-refractivity contribution in [3.05, 3.63) is 0 Å². The van der Waals surface area contributed by atoms with Gasteiger partial charge in [0.1, 0.15) is 0 Å².